The van der Waals surface area contributed by atoms with Crippen molar-refractivity contribution in [2.75, 3.05) is 7.11 Å². The molecule has 1 heterocycles. The van der Waals surface area contributed by atoms with Crippen molar-refractivity contribution >= 4 is 10.8 Å². The van der Waals surface area contributed by atoms with Crippen LogP contribution in [0.3, 0.4) is 0 Å². The van der Waals surface area contributed by atoms with Gasteiger partial charge in [0.05, 0.1) is 12.8 Å². The zero-order chi connectivity index (χ0) is 32.3. The summed E-state index contributed by atoms with van der Waals surface area (Å²) in [5, 5.41) is 2.03. The summed E-state index contributed by atoms with van der Waals surface area (Å²) in [5.74, 6) is 0.515. The summed E-state index contributed by atoms with van der Waals surface area (Å²) in [6.07, 6.45) is 3.80. The van der Waals surface area contributed by atoms with Gasteiger partial charge in [0.1, 0.15) is 11.6 Å². The summed E-state index contributed by atoms with van der Waals surface area (Å²) in [7, 11) is 1.67. The van der Waals surface area contributed by atoms with Crippen molar-refractivity contribution in [3.05, 3.63) is 157 Å². The van der Waals surface area contributed by atoms with Gasteiger partial charge in [-0.15, -0.1) is 0 Å². The van der Waals surface area contributed by atoms with Crippen molar-refractivity contribution in [2.45, 2.75) is 26.7 Å². The Kier molecular flexibility index (Phi) is 8.37. The molecule has 6 aromatic carbocycles. The minimum absolute atomic E-state index is 0.297. The maximum absolute atomic E-state index is 15.6. The van der Waals surface area contributed by atoms with Crippen LogP contribution in [0.5, 0.6) is 5.75 Å². The van der Waals surface area contributed by atoms with E-state index in [2.05, 4.69) is 111 Å². The van der Waals surface area contributed by atoms with Crippen LogP contribution < -0.4 is 4.74 Å². The van der Waals surface area contributed by atoms with Gasteiger partial charge < -0.3 is 4.74 Å². The van der Waals surface area contributed by atoms with Gasteiger partial charge in [-0.25, -0.2) is 4.39 Å². The molecule has 47 heavy (non-hydrogen) atoms. The molecule has 0 amide bonds. The molecule has 7 aromatic rings. The summed E-state index contributed by atoms with van der Waals surface area (Å²) in [5.41, 5.74) is 12.5. The first kappa shape index (κ1) is 30.1. The molecule has 0 aliphatic heterocycles. The highest BCUT2D eigenvalue weighted by atomic mass is 19.1. The van der Waals surface area contributed by atoms with Crippen molar-refractivity contribution in [1.29, 1.82) is 0 Å². The van der Waals surface area contributed by atoms with Gasteiger partial charge in [0, 0.05) is 17.1 Å². The molecule has 0 bridgehead atoms. The minimum Gasteiger partial charge on any atom is -0.497 e. The summed E-state index contributed by atoms with van der Waals surface area (Å²) in [6.45, 7) is 4.33. The average Bonchev–Trinajstić information content (AvgIpc) is 3.14. The summed E-state index contributed by atoms with van der Waals surface area (Å²) < 4.78 is 21.0. The number of benzene rings is 6. The number of ether oxygens (including phenoxy) is 1. The Balaban J connectivity index is 1.36. The highest BCUT2D eigenvalue weighted by molar-refractivity contribution is 6.03. The lowest BCUT2D eigenvalue weighted by molar-refractivity contribution is 0.415. The highest BCUT2D eigenvalue weighted by Crippen LogP contribution is 2.38. The van der Waals surface area contributed by atoms with E-state index in [9.17, 15) is 0 Å². The third kappa shape index (κ3) is 6.17. The largest absolute Gasteiger partial charge is 0.497 e. The van der Waals surface area contributed by atoms with E-state index in [0.717, 1.165) is 85.1 Å². The van der Waals surface area contributed by atoms with Crippen molar-refractivity contribution in [3.8, 4) is 61.5 Å². The Morgan fingerprint density at radius 1 is 0.511 bits per heavy atom. The van der Waals surface area contributed by atoms with Crippen LogP contribution in [0.2, 0.25) is 0 Å². The second-order valence-corrected chi connectivity index (χ2v) is 11.9. The topological polar surface area (TPSA) is 22.1 Å². The Bertz CT molecular complexity index is 2120. The van der Waals surface area contributed by atoms with Gasteiger partial charge in [0.15, 0.2) is 0 Å². The van der Waals surface area contributed by atoms with Crippen molar-refractivity contribution in [1.82, 2.24) is 4.98 Å². The molecule has 7 rings (SSSR count). The molecule has 0 saturated heterocycles. The van der Waals surface area contributed by atoms with Crippen molar-refractivity contribution < 1.29 is 9.13 Å². The molecule has 230 valence electrons. The Morgan fingerprint density at radius 2 is 1.02 bits per heavy atom. The number of methoxy groups -OCH3 is 1. The van der Waals surface area contributed by atoms with E-state index >= 15 is 4.39 Å². The third-order valence-electron chi connectivity index (χ3n) is 9.04. The number of fused-ring (bicyclic) bond motifs is 1. The average molecular weight is 614 g/mol. The van der Waals surface area contributed by atoms with Gasteiger partial charge in [-0.2, -0.15) is 0 Å². The van der Waals surface area contributed by atoms with Crippen molar-refractivity contribution in [3.63, 3.8) is 0 Å². The first-order chi connectivity index (χ1) is 23.0. The molecule has 0 saturated carbocycles. The number of hydrogen-bond donors (Lipinski definition) is 0. The van der Waals surface area contributed by atoms with Crippen LogP contribution in [0.15, 0.2) is 140 Å². The normalized spacial score (nSPS) is 11.1. The first-order valence-electron chi connectivity index (χ1n) is 16.2. The molecule has 0 aliphatic carbocycles. The van der Waals surface area contributed by atoms with Crippen LogP contribution in [0, 0.1) is 5.82 Å². The number of rotatable bonds is 8. The van der Waals surface area contributed by atoms with Crippen LogP contribution in [0.4, 0.5) is 4.39 Å². The van der Waals surface area contributed by atoms with E-state index in [1.165, 1.54) is 11.1 Å². The molecule has 1 aromatic heterocycles. The summed E-state index contributed by atoms with van der Waals surface area (Å²) in [4.78, 5) is 4.79. The fourth-order valence-electron chi connectivity index (χ4n) is 6.35. The van der Waals surface area contributed by atoms with E-state index in [0.29, 0.717) is 0 Å². The third-order valence-corrected chi connectivity index (χ3v) is 9.04. The molecule has 0 spiro atoms. The maximum atomic E-state index is 15.6. The van der Waals surface area contributed by atoms with E-state index < -0.39 is 0 Å². The number of halogens is 1. The predicted octanol–water partition coefficient (Wildman–Crippen LogP) is 11.8. The highest BCUT2D eigenvalue weighted by Gasteiger charge is 2.14. The molecular formula is C44H36FNO. The first-order valence-corrected chi connectivity index (χ1v) is 16.2. The van der Waals surface area contributed by atoms with Crippen molar-refractivity contribution in [2.24, 2.45) is 0 Å². The van der Waals surface area contributed by atoms with Gasteiger partial charge >= 0.3 is 0 Å². The van der Waals surface area contributed by atoms with E-state index in [4.69, 9.17) is 9.72 Å². The van der Waals surface area contributed by atoms with Crippen LogP contribution in [-0.4, -0.2) is 12.1 Å². The van der Waals surface area contributed by atoms with Gasteiger partial charge in [0.2, 0.25) is 0 Å². The maximum Gasteiger partial charge on any atom is 0.124 e. The molecule has 0 unspecified atom stereocenters. The fraction of sp³-hybridized carbons (Fsp3) is 0.114. The van der Waals surface area contributed by atoms with Gasteiger partial charge in [-0.3, -0.25) is 4.98 Å². The molecule has 0 fully saturated rings. The second-order valence-electron chi connectivity index (χ2n) is 11.9. The molecule has 0 atom stereocenters. The van der Waals surface area contributed by atoms with Crippen LogP contribution >= 0.6 is 0 Å². The lowest BCUT2D eigenvalue weighted by Crippen LogP contribution is -1.92. The number of aryl methyl sites for hydroxylation is 2. The smallest absolute Gasteiger partial charge is 0.124 e. The van der Waals surface area contributed by atoms with Gasteiger partial charge in [-0.05, 0) is 128 Å². The monoisotopic (exact) mass is 613 g/mol. The van der Waals surface area contributed by atoms with Crippen LogP contribution in [0.1, 0.15) is 25.0 Å². The number of hydrogen-bond acceptors (Lipinski definition) is 2. The number of nitrogens with zero attached hydrogens (tertiary/aromatic N) is 1. The molecular weight excluding hydrogens is 577 g/mol. The van der Waals surface area contributed by atoms with E-state index in [-0.39, 0.29) is 5.82 Å². The Labute approximate surface area is 276 Å². The number of pyridine rings is 1. The summed E-state index contributed by atoms with van der Waals surface area (Å²) >= 11 is 0. The van der Waals surface area contributed by atoms with Gasteiger partial charge in [-0.1, -0.05) is 92.7 Å². The van der Waals surface area contributed by atoms with Crippen LogP contribution in [0.25, 0.3) is 66.5 Å². The van der Waals surface area contributed by atoms with Gasteiger partial charge in [0.25, 0.3) is 0 Å². The Morgan fingerprint density at radius 3 is 1.60 bits per heavy atom. The van der Waals surface area contributed by atoms with Crippen LogP contribution in [-0.2, 0) is 12.8 Å². The molecule has 3 heteroatoms. The molecule has 2 nitrogen and oxygen atoms in total. The lowest BCUT2D eigenvalue weighted by atomic mass is 9.91. The summed E-state index contributed by atoms with van der Waals surface area (Å²) in [6, 6.07) is 45.6. The Hall–Kier alpha value is -5.54. The van der Waals surface area contributed by atoms with E-state index in [1.807, 2.05) is 30.5 Å². The standard InChI is InChI=1S/C44H36FNO/c1-4-29-9-13-31(14-10-29)34-23-35(32-15-11-30(5-2)12-16-32)25-36(24-34)37-26-38(28-39(45)27-37)44-43-8-6-7-41(42(43)21-22-46-44)33-17-19-40(47-3)20-18-33/h6-28H,4-5H2,1-3H3. The number of aromatic nitrogens is 1. The zero-order valence-electron chi connectivity index (χ0n) is 26.9. The molecule has 0 aliphatic rings. The minimum atomic E-state index is -0.297. The molecule has 0 radical (unpaired) electrons. The fourth-order valence-corrected chi connectivity index (χ4v) is 6.35. The quantitative estimate of drug-likeness (QED) is 0.170. The SMILES string of the molecule is CCc1ccc(-c2cc(-c3ccc(CC)cc3)cc(-c3cc(F)cc(-c4nccc5c(-c6ccc(OC)cc6)cccc45)c3)c2)cc1. The lowest BCUT2D eigenvalue weighted by Gasteiger charge is -2.14. The zero-order valence-corrected chi connectivity index (χ0v) is 26.9. The second kappa shape index (κ2) is 13.1. The van der Waals surface area contributed by atoms with E-state index in [1.54, 1.807) is 19.2 Å². The molecule has 0 N–H and O–H groups in total. The predicted molar refractivity (Wildman–Crippen MR) is 194 cm³/mol.